The molecule has 0 aliphatic heterocycles. The van der Waals surface area contributed by atoms with Crippen molar-refractivity contribution >= 4 is 27.7 Å². The second-order valence-electron chi connectivity index (χ2n) is 2.80. The molecule has 0 fully saturated rings. The first kappa shape index (κ1) is 10.6. The van der Waals surface area contributed by atoms with Crippen molar-refractivity contribution in [2.75, 3.05) is 5.75 Å². The first-order valence-electron chi connectivity index (χ1n) is 4.00. The van der Waals surface area contributed by atoms with Crippen molar-refractivity contribution in [2.45, 2.75) is 11.8 Å². The molecule has 1 rings (SSSR count). The molecule has 1 aromatic rings. The molecule has 3 heteroatoms. The average molecular weight is 256 g/mol. The van der Waals surface area contributed by atoms with E-state index in [9.17, 15) is 0 Å². The van der Waals surface area contributed by atoms with E-state index in [1.807, 2.05) is 19.1 Å². The Bertz CT molecular complexity index is 302. The van der Waals surface area contributed by atoms with Gasteiger partial charge in [-0.2, -0.15) is 5.26 Å². The zero-order valence-corrected chi connectivity index (χ0v) is 9.73. The number of benzene rings is 1. The minimum atomic E-state index is 0.119. The van der Waals surface area contributed by atoms with Crippen molar-refractivity contribution in [1.82, 2.24) is 0 Å². The lowest BCUT2D eigenvalue weighted by atomic mass is 10.3. The predicted molar refractivity (Wildman–Crippen MR) is 59.6 cm³/mol. The van der Waals surface area contributed by atoms with Crippen LogP contribution < -0.4 is 0 Å². The summed E-state index contributed by atoms with van der Waals surface area (Å²) in [6.07, 6.45) is 0. The summed E-state index contributed by atoms with van der Waals surface area (Å²) in [5.74, 6) is 0.978. The Balaban J connectivity index is 2.47. The number of nitriles is 1. The molecule has 0 aliphatic carbocycles. The van der Waals surface area contributed by atoms with Crippen LogP contribution in [0.5, 0.6) is 0 Å². The van der Waals surface area contributed by atoms with Gasteiger partial charge in [0.05, 0.1) is 12.0 Å². The Hall–Kier alpha value is -0.460. The molecular formula is C10H10BrNS. The molecule has 0 aromatic heterocycles. The molecule has 0 N–H and O–H groups in total. The first-order valence-corrected chi connectivity index (χ1v) is 5.78. The van der Waals surface area contributed by atoms with Gasteiger partial charge < -0.3 is 0 Å². The second kappa shape index (κ2) is 5.31. The van der Waals surface area contributed by atoms with Gasteiger partial charge in [0.15, 0.2) is 0 Å². The lowest BCUT2D eigenvalue weighted by molar-refractivity contribution is 0.864. The van der Waals surface area contributed by atoms with Crippen LogP contribution in [0.15, 0.2) is 33.6 Å². The van der Waals surface area contributed by atoms with Crippen molar-refractivity contribution in [3.05, 3.63) is 28.7 Å². The third-order valence-corrected chi connectivity index (χ3v) is 3.33. The molecular weight excluding hydrogens is 246 g/mol. The molecule has 1 nitrogen and oxygen atoms in total. The van der Waals surface area contributed by atoms with E-state index >= 15 is 0 Å². The van der Waals surface area contributed by atoms with Crippen molar-refractivity contribution in [3.63, 3.8) is 0 Å². The van der Waals surface area contributed by atoms with Crippen LogP contribution in [0.3, 0.4) is 0 Å². The Kier molecular flexibility index (Phi) is 4.34. The normalized spacial score (nSPS) is 12.1. The fraction of sp³-hybridized carbons (Fsp3) is 0.300. The van der Waals surface area contributed by atoms with E-state index in [-0.39, 0.29) is 5.92 Å². The van der Waals surface area contributed by atoms with Gasteiger partial charge in [-0.15, -0.1) is 11.8 Å². The van der Waals surface area contributed by atoms with Crippen LogP contribution >= 0.6 is 27.7 Å². The topological polar surface area (TPSA) is 23.8 Å². The molecule has 0 spiro atoms. The summed E-state index contributed by atoms with van der Waals surface area (Å²) in [5, 5.41) is 8.59. The van der Waals surface area contributed by atoms with Crippen LogP contribution in [-0.2, 0) is 0 Å². The lowest BCUT2D eigenvalue weighted by Gasteiger charge is -2.02. The van der Waals surface area contributed by atoms with Crippen molar-refractivity contribution in [1.29, 1.82) is 5.26 Å². The molecule has 1 atom stereocenters. The van der Waals surface area contributed by atoms with E-state index in [2.05, 4.69) is 34.1 Å². The molecule has 13 heavy (non-hydrogen) atoms. The highest BCUT2D eigenvalue weighted by Gasteiger charge is 2.00. The maximum Gasteiger partial charge on any atom is 0.0661 e. The predicted octanol–water partition coefficient (Wildman–Crippen LogP) is 3.70. The summed E-state index contributed by atoms with van der Waals surface area (Å²) in [6.45, 7) is 1.94. The van der Waals surface area contributed by atoms with E-state index in [1.165, 1.54) is 4.90 Å². The van der Waals surface area contributed by atoms with Crippen LogP contribution in [0.2, 0.25) is 0 Å². The number of hydrogen-bond donors (Lipinski definition) is 0. The van der Waals surface area contributed by atoms with Crippen LogP contribution in [-0.4, -0.2) is 5.75 Å². The molecule has 0 amide bonds. The Morgan fingerprint density at radius 2 is 2.08 bits per heavy atom. The monoisotopic (exact) mass is 255 g/mol. The van der Waals surface area contributed by atoms with Gasteiger partial charge in [0.1, 0.15) is 0 Å². The highest BCUT2D eigenvalue weighted by molar-refractivity contribution is 9.10. The van der Waals surface area contributed by atoms with Gasteiger partial charge in [-0.25, -0.2) is 0 Å². The third kappa shape index (κ3) is 3.84. The molecule has 0 saturated heterocycles. The summed E-state index contributed by atoms with van der Waals surface area (Å²) in [4.78, 5) is 1.21. The molecule has 0 radical (unpaired) electrons. The quantitative estimate of drug-likeness (QED) is 0.770. The minimum absolute atomic E-state index is 0.119. The molecule has 0 heterocycles. The zero-order valence-electron chi connectivity index (χ0n) is 7.33. The van der Waals surface area contributed by atoms with Crippen LogP contribution in [0.1, 0.15) is 6.92 Å². The van der Waals surface area contributed by atoms with Crippen LogP contribution in [0, 0.1) is 17.2 Å². The summed E-state index contributed by atoms with van der Waals surface area (Å²) < 4.78 is 1.09. The third-order valence-electron chi connectivity index (χ3n) is 1.53. The van der Waals surface area contributed by atoms with Gasteiger partial charge in [0.25, 0.3) is 0 Å². The van der Waals surface area contributed by atoms with Gasteiger partial charge >= 0.3 is 0 Å². The standard InChI is InChI=1S/C10H10BrNS/c1-8(6-12)7-13-10-4-2-9(11)3-5-10/h2-5,8H,7H2,1H3. The Morgan fingerprint density at radius 3 is 2.62 bits per heavy atom. The van der Waals surface area contributed by atoms with Crippen molar-refractivity contribution in [2.24, 2.45) is 5.92 Å². The number of thioether (sulfide) groups is 1. The van der Waals surface area contributed by atoms with Gasteiger partial charge in [0.2, 0.25) is 0 Å². The fourth-order valence-electron chi connectivity index (χ4n) is 0.789. The maximum atomic E-state index is 8.59. The highest BCUT2D eigenvalue weighted by Crippen LogP contribution is 2.22. The van der Waals surface area contributed by atoms with E-state index in [0.717, 1.165) is 10.2 Å². The minimum Gasteiger partial charge on any atom is -0.198 e. The summed E-state index contributed by atoms with van der Waals surface area (Å²) in [7, 11) is 0. The smallest absolute Gasteiger partial charge is 0.0661 e. The Labute approximate surface area is 91.3 Å². The maximum absolute atomic E-state index is 8.59. The number of hydrogen-bond acceptors (Lipinski definition) is 2. The number of rotatable bonds is 3. The Morgan fingerprint density at radius 1 is 1.46 bits per heavy atom. The molecule has 0 aliphatic rings. The molecule has 0 bridgehead atoms. The lowest BCUT2D eigenvalue weighted by Crippen LogP contribution is -1.92. The molecule has 1 unspecified atom stereocenters. The van der Waals surface area contributed by atoms with Crippen LogP contribution in [0.25, 0.3) is 0 Å². The largest absolute Gasteiger partial charge is 0.198 e. The number of nitrogens with zero attached hydrogens (tertiary/aromatic N) is 1. The SMILES string of the molecule is CC(C#N)CSc1ccc(Br)cc1. The fourth-order valence-corrected chi connectivity index (χ4v) is 1.90. The first-order chi connectivity index (χ1) is 6.22. The second-order valence-corrected chi connectivity index (χ2v) is 4.80. The van der Waals surface area contributed by atoms with E-state index in [1.54, 1.807) is 11.8 Å². The zero-order chi connectivity index (χ0) is 9.68. The average Bonchev–Trinajstić information content (AvgIpc) is 2.16. The van der Waals surface area contributed by atoms with Gasteiger partial charge in [-0.05, 0) is 31.2 Å². The van der Waals surface area contributed by atoms with E-state index < -0.39 is 0 Å². The van der Waals surface area contributed by atoms with Crippen molar-refractivity contribution < 1.29 is 0 Å². The van der Waals surface area contributed by atoms with Gasteiger partial charge in [-0.3, -0.25) is 0 Å². The molecule has 0 saturated carbocycles. The summed E-state index contributed by atoms with van der Waals surface area (Å²) >= 11 is 5.10. The van der Waals surface area contributed by atoms with E-state index in [0.29, 0.717) is 0 Å². The van der Waals surface area contributed by atoms with Gasteiger partial charge in [-0.1, -0.05) is 15.9 Å². The highest BCUT2D eigenvalue weighted by atomic mass is 79.9. The summed E-state index contributed by atoms with van der Waals surface area (Å²) in [5.41, 5.74) is 0. The van der Waals surface area contributed by atoms with Gasteiger partial charge in [0, 0.05) is 15.1 Å². The van der Waals surface area contributed by atoms with E-state index in [4.69, 9.17) is 5.26 Å². The summed E-state index contributed by atoms with van der Waals surface area (Å²) in [6, 6.07) is 10.4. The van der Waals surface area contributed by atoms with Crippen LogP contribution in [0.4, 0.5) is 0 Å². The molecule has 68 valence electrons. The van der Waals surface area contributed by atoms with Crippen molar-refractivity contribution in [3.8, 4) is 6.07 Å². The molecule has 1 aromatic carbocycles. The number of halogens is 1.